The zero-order valence-electron chi connectivity index (χ0n) is 9.32. The molecule has 1 unspecified atom stereocenters. The first-order valence-electron chi connectivity index (χ1n) is 5.63. The third-order valence-electron chi connectivity index (χ3n) is 2.59. The minimum absolute atomic E-state index is 0.0960. The first-order valence-corrected chi connectivity index (χ1v) is 5.63. The van der Waals surface area contributed by atoms with Gasteiger partial charge in [-0.05, 0) is 30.4 Å². The van der Waals surface area contributed by atoms with Crippen molar-refractivity contribution >= 4 is 0 Å². The number of hydrogen-bond donors (Lipinski definition) is 2. The molecule has 15 heavy (non-hydrogen) atoms. The molecule has 0 saturated heterocycles. The standard InChI is InChI=1S/C13H20O2/c1-2-3-13(15)9-8-11-4-6-12(10-14)7-5-11/h4-7,13-15H,2-3,8-10H2,1H3. The lowest BCUT2D eigenvalue weighted by molar-refractivity contribution is 0.154. The molecule has 84 valence electrons. The number of rotatable bonds is 6. The molecule has 0 aliphatic rings. The van der Waals surface area contributed by atoms with Gasteiger partial charge in [-0.2, -0.15) is 0 Å². The maximum Gasteiger partial charge on any atom is 0.0681 e. The summed E-state index contributed by atoms with van der Waals surface area (Å²) in [4.78, 5) is 0. The van der Waals surface area contributed by atoms with Crippen LogP contribution in [0.4, 0.5) is 0 Å². The monoisotopic (exact) mass is 208 g/mol. The molecule has 2 nitrogen and oxygen atoms in total. The Bertz CT molecular complexity index is 266. The van der Waals surface area contributed by atoms with E-state index in [0.29, 0.717) is 0 Å². The van der Waals surface area contributed by atoms with Gasteiger partial charge < -0.3 is 10.2 Å². The fourth-order valence-electron chi connectivity index (χ4n) is 1.62. The van der Waals surface area contributed by atoms with E-state index in [9.17, 15) is 5.11 Å². The van der Waals surface area contributed by atoms with Crippen molar-refractivity contribution in [2.24, 2.45) is 0 Å². The molecular formula is C13H20O2. The van der Waals surface area contributed by atoms with Crippen molar-refractivity contribution in [2.75, 3.05) is 0 Å². The van der Waals surface area contributed by atoms with Crippen molar-refractivity contribution < 1.29 is 10.2 Å². The maximum absolute atomic E-state index is 9.57. The van der Waals surface area contributed by atoms with Gasteiger partial charge in [0.05, 0.1) is 12.7 Å². The van der Waals surface area contributed by atoms with Crippen LogP contribution in [0.25, 0.3) is 0 Å². The normalized spacial score (nSPS) is 12.7. The summed E-state index contributed by atoms with van der Waals surface area (Å²) in [6.45, 7) is 2.18. The van der Waals surface area contributed by atoms with Gasteiger partial charge >= 0.3 is 0 Å². The minimum atomic E-state index is -0.174. The van der Waals surface area contributed by atoms with E-state index in [1.165, 1.54) is 5.56 Å². The van der Waals surface area contributed by atoms with E-state index in [4.69, 9.17) is 5.11 Å². The summed E-state index contributed by atoms with van der Waals surface area (Å²) in [5, 5.41) is 18.4. The highest BCUT2D eigenvalue weighted by Gasteiger charge is 2.02. The smallest absolute Gasteiger partial charge is 0.0681 e. The number of aliphatic hydroxyl groups is 2. The van der Waals surface area contributed by atoms with E-state index in [0.717, 1.165) is 31.2 Å². The summed E-state index contributed by atoms with van der Waals surface area (Å²) in [5.74, 6) is 0. The molecular weight excluding hydrogens is 188 g/mol. The maximum atomic E-state index is 9.57. The Kier molecular flexibility index (Phi) is 5.37. The molecule has 2 heteroatoms. The molecule has 1 aromatic carbocycles. The molecule has 1 rings (SSSR count). The highest BCUT2D eigenvalue weighted by atomic mass is 16.3. The summed E-state index contributed by atoms with van der Waals surface area (Å²) >= 11 is 0. The molecule has 0 radical (unpaired) electrons. The van der Waals surface area contributed by atoms with E-state index < -0.39 is 0 Å². The van der Waals surface area contributed by atoms with Crippen molar-refractivity contribution in [3.63, 3.8) is 0 Å². The van der Waals surface area contributed by atoms with Gasteiger partial charge in [-0.25, -0.2) is 0 Å². The Balaban J connectivity index is 2.37. The molecule has 0 aromatic heterocycles. The topological polar surface area (TPSA) is 40.5 Å². The molecule has 1 atom stereocenters. The zero-order chi connectivity index (χ0) is 11.1. The number of aryl methyl sites for hydroxylation is 1. The molecule has 0 aliphatic heterocycles. The first kappa shape index (κ1) is 12.2. The summed E-state index contributed by atoms with van der Waals surface area (Å²) in [6.07, 6.45) is 3.48. The lowest BCUT2D eigenvalue weighted by Crippen LogP contribution is -2.07. The van der Waals surface area contributed by atoms with Gasteiger partial charge in [-0.3, -0.25) is 0 Å². The van der Waals surface area contributed by atoms with Crippen LogP contribution in [0.3, 0.4) is 0 Å². The second-order valence-corrected chi connectivity index (χ2v) is 3.96. The molecule has 0 fully saturated rings. The van der Waals surface area contributed by atoms with Crippen molar-refractivity contribution in [3.05, 3.63) is 35.4 Å². The average molecular weight is 208 g/mol. The summed E-state index contributed by atoms with van der Waals surface area (Å²) in [7, 11) is 0. The Morgan fingerprint density at radius 1 is 1.07 bits per heavy atom. The van der Waals surface area contributed by atoms with Crippen LogP contribution in [0.5, 0.6) is 0 Å². The van der Waals surface area contributed by atoms with Gasteiger partial charge in [0.25, 0.3) is 0 Å². The Morgan fingerprint density at radius 3 is 2.20 bits per heavy atom. The SMILES string of the molecule is CCCC(O)CCc1ccc(CO)cc1. The average Bonchev–Trinajstić information content (AvgIpc) is 2.27. The predicted octanol–water partition coefficient (Wildman–Crippen LogP) is 2.27. The van der Waals surface area contributed by atoms with Gasteiger partial charge in [0.2, 0.25) is 0 Å². The largest absolute Gasteiger partial charge is 0.393 e. The summed E-state index contributed by atoms with van der Waals surface area (Å²) in [6, 6.07) is 7.90. The fourth-order valence-corrected chi connectivity index (χ4v) is 1.62. The van der Waals surface area contributed by atoms with Crippen LogP contribution in [-0.4, -0.2) is 16.3 Å². The van der Waals surface area contributed by atoms with Crippen LogP contribution < -0.4 is 0 Å². The van der Waals surface area contributed by atoms with Crippen molar-refractivity contribution in [1.82, 2.24) is 0 Å². The molecule has 0 spiro atoms. The fraction of sp³-hybridized carbons (Fsp3) is 0.538. The Labute approximate surface area is 91.6 Å². The molecule has 0 aliphatic carbocycles. The molecule has 0 bridgehead atoms. The zero-order valence-corrected chi connectivity index (χ0v) is 9.32. The molecule has 2 N–H and O–H groups in total. The highest BCUT2D eigenvalue weighted by Crippen LogP contribution is 2.10. The third-order valence-corrected chi connectivity index (χ3v) is 2.59. The van der Waals surface area contributed by atoms with Crippen LogP contribution in [0.1, 0.15) is 37.3 Å². The second-order valence-electron chi connectivity index (χ2n) is 3.96. The van der Waals surface area contributed by atoms with Crippen molar-refractivity contribution in [3.8, 4) is 0 Å². The van der Waals surface area contributed by atoms with Gasteiger partial charge in [-0.1, -0.05) is 37.6 Å². The van der Waals surface area contributed by atoms with E-state index in [1.54, 1.807) is 0 Å². The Morgan fingerprint density at radius 2 is 1.67 bits per heavy atom. The van der Waals surface area contributed by atoms with Gasteiger partial charge in [-0.15, -0.1) is 0 Å². The van der Waals surface area contributed by atoms with Crippen LogP contribution in [0.2, 0.25) is 0 Å². The van der Waals surface area contributed by atoms with Crippen LogP contribution in [0.15, 0.2) is 24.3 Å². The van der Waals surface area contributed by atoms with E-state index in [1.807, 2.05) is 24.3 Å². The number of hydrogen-bond acceptors (Lipinski definition) is 2. The lowest BCUT2D eigenvalue weighted by Gasteiger charge is -2.08. The first-order chi connectivity index (χ1) is 7.26. The van der Waals surface area contributed by atoms with Gasteiger partial charge in [0.15, 0.2) is 0 Å². The van der Waals surface area contributed by atoms with Gasteiger partial charge in [0.1, 0.15) is 0 Å². The number of aliphatic hydroxyl groups excluding tert-OH is 2. The molecule has 0 heterocycles. The minimum Gasteiger partial charge on any atom is -0.393 e. The molecule has 0 saturated carbocycles. The van der Waals surface area contributed by atoms with Crippen molar-refractivity contribution in [1.29, 1.82) is 0 Å². The lowest BCUT2D eigenvalue weighted by atomic mass is 10.0. The molecule has 1 aromatic rings. The summed E-state index contributed by atoms with van der Waals surface area (Å²) < 4.78 is 0. The van der Waals surface area contributed by atoms with Crippen LogP contribution in [-0.2, 0) is 13.0 Å². The summed E-state index contributed by atoms with van der Waals surface area (Å²) in [5.41, 5.74) is 2.16. The highest BCUT2D eigenvalue weighted by molar-refractivity contribution is 5.22. The van der Waals surface area contributed by atoms with Gasteiger partial charge in [0, 0.05) is 0 Å². The van der Waals surface area contributed by atoms with E-state index in [2.05, 4.69) is 6.92 Å². The molecule has 0 amide bonds. The second kappa shape index (κ2) is 6.59. The van der Waals surface area contributed by atoms with Crippen LogP contribution in [0, 0.1) is 0 Å². The van der Waals surface area contributed by atoms with Crippen LogP contribution >= 0.6 is 0 Å². The van der Waals surface area contributed by atoms with E-state index in [-0.39, 0.29) is 12.7 Å². The quantitative estimate of drug-likeness (QED) is 0.753. The van der Waals surface area contributed by atoms with Crippen molar-refractivity contribution in [2.45, 2.75) is 45.3 Å². The van der Waals surface area contributed by atoms with E-state index >= 15 is 0 Å². The number of benzene rings is 1. The predicted molar refractivity (Wildman–Crippen MR) is 61.6 cm³/mol. The Hall–Kier alpha value is -0.860. The third kappa shape index (κ3) is 4.45.